The zero-order chi connectivity index (χ0) is 14.1. The molecule has 0 fully saturated rings. The predicted octanol–water partition coefficient (Wildman–Crippen LogP) is 3.58. The second kappa shape index (κ2) is 8.92. The first kappa shape index (κ1) is 16.0. The summed E-state index contributed by atoms with van der Waals surface area (Å²) in [5, 5.41) is 3.58. The van der Waals surface area contributed by atoms with Crippen molar-refractivity contribution in [3.8, 4) is 5.75 Å². The molecule has 3 heteroatoms. The van der Waals surface area contributed by atoms with Crippen molar-refractivity contribution in [1.82, 2.24) is 10.3 Å². The van der Waals surface area contributed by atoms with Gasteiger partial charge in [0.15, 0.2) is 0 Å². The van der Waals surface area contributed by atoms with E-state index in [1.165, 1.54) is 18.4 Å². The number of pyridine rings is 1. The van der Waals surface area contributed by atoms with Crippen molar-refractivity contribution >= 4 is 0 Å². The quantitative estimate of drug-likeness (QED) is 0.740. The number of aryl methyl sites for hydroxylation is 1. The monoisotopic (exact) mass is 264 g/mol. The standard InChI is InChI=1S/C16H28N2O/c1-5-9-18-15(6-2)8-7-14-10-16(12-17-11-14)19-13(3)4/h10-13,15,18H,5-9H2,1-4H3. The fourth-order valence-corrected chi connectivity index (χ4v) is 2.08. The number of aromatic nitrogens is 1. The van der Waals surface area contributed by atoms with Gasteiger partial charge in [0.25, 0.3) is 0 Å². The fourth-order valence-electron chi connectivity index (χ4n) is 2.08. The molecule has 1 atom stereocenters. The van der Waals surface area contributed by atoms with Crippen LogP contribution in [0.5, 0.6) is 5.75 Å². The molecular formula is C16H28N2O. The Bertz CT molecular complexity index is 352. The molecule has 1 N–H and O–H groups in total. The van der Waals surface area contributed by atoms with Crippen molar-refractivity contribution in [1.29, 1.82) is 0 Å². The van der Waals surface area contributed by atoms with Gasteiger partial charge in [-0.2, -0.15) is 0 Å². The van der Waals surface area contributed by atoms with Gasteiger partial charge < -0.3 is 10.1 Å². The minimum Gasteiger partial charge on any atom is -0.489 e. The molecule has 0 aliphatic heterocycles. The molecule has 0 spiro atoms. The smallest absolute Gasteiger partial charge is 0.138 e. The van der Waals surface area contributed by atoms with Crippen LogP contribution in [-0.4, -0.2) is 23.7 Å². The lowest BCUT2D eigenvalue weighted by molar-refractivity contribution is 0.241. The first-order chi connectivity index (χ1) is 9.15. The fraction of sp³-hybridized carbons (Fsp3) is 0.688. The molecule has 0 aliphatic rings. The molecule has 0 saturated heterocycles. The van der Waals surface area contributed by atoms with Crippen LogP contribution in [0.1, 0.15) is 52.5 Å². The molecule has 0 aromatic carbocycles. The average molecular weight is 264 g/mol. The molecule has 19 heavy (non-hydrogen) atoms. The van der Waals surface area contributed by atoms with Crippen molar-refractivity contribution in [2.24, 2.45) is 0 Å². The average Bonchev–Trinajstić information content (AvgIpc) is 2.38. The second-order valence-corrected chi connectivity index (χ2v) is 5.29. The highest BCUT2D eigenvalue weighted by Gasteiger charge is 2.06. The van der Waals surface area contributed by atoms with Gasteiger partial charge in [-0.15, -0.1) is 0 Å². The van der Waals surface area contributed by atoms with Crippen LogP contribution in [0.4, 0.5) is 0 Å². The first-order valence-corrected chi connectivity index (χ1v) is 7.49. The lowest BCUT2D eigenvalue weighted by Crippen LogP contribution is -2.29. The molecular weight excluding hydrogens is 236 g/mol. The molecule has 1 heterocycles. The summed E-state index contributed by atoms with van der Waals surface area (Å²) in [4.78, 5) is 4.26. The van der Waals surface area contributed by atoms with Gasteiger partial charge in [-0.05, 0) is 57.7 Å². The summed E-state index contributed by atoms with van der Waals surface area (Å²) >= 11 is 0. The highest BCUT2D eigenvalue weighted by atomic mass is 16.5. The Morgan fingerprint density at radius 1 is 1.26 bits per heavy atom. The van der Waals surface area contributed by atoms with E-state index in [9.17, 15) is 0 Å². The largest absolute Gasteiger partial charge is 0.489 e. The van der Waals surface area contributed by atoms with E-state index in [0.717, 1.165) is 25.1 Å². The van der Waals surface area contributed by atoms with Gasteiger partial charge in [0.05, 0.1) is 12.3 Å². The molecule has 3 nitrogen and oxygen atoms in total. The van der Waals surface area contributed by atoms with E-state index in [1.807, 2.05) is 20.0 Å². The third-order valence-electron chi connectivity index (χ3n) is 3.10. The maximum atomic E-state index is 5.67. The summed E-state index contributed by atoms with van der Waals surface area (Å²) in [7, 11) is 0. The van der Waals surface area contributed by atoms with Crippen LogP contribution in [0.15, 0.2) is 18.5 Å². The Labute approximate surface area is 117 Å². The Morgan fingerprint density at radius 2 is 2.05 bits per heavy atom. The maximum absolute atomic E-state index is 5.67. The summed E-state index contributed by atoms with van der Waals surface area (Å²) in [6, 6.07) is 2.72. The second-order valence-electron chi connectivity index (χ2n) is 5.29. The highest BCUT2D eigenvalue weighted by molar-refractivity contribution is 5.23. The minimum atomic E-state index is 0.201. The molecule has 1 aromatic rings. The van der Waals surface area contributed by atoms with Crippen LogP contribution in [0.25, 0.3) is 0 Å². The van der Waals surface area contributed by atoms with Gasteiger partial charge in [-0.1, -0.05) is 13.8 Å². The normalized spacial score (nSPS) is 12.7. The van der Waals surface area contributed by atoms with E-state index in [2.05, 4.69) is 30.2 Å². The van der Waals surface area contributed by atoms with Gasteiger partial charge >= 0.3 is 0 Å². The van der Waals surface area contributed by atoms with Crippen molar-refractivity contribution in [2.45, 2.75) is 65.5 Å². The van der Waals surface area contributed by atoms with Crippen molar-refractivity contribution in [3.05, 3.63) is 24.0 Å². The summed E-state index contributed by atoms with van der Waals surface area (Å²) in [5.41, 5.74) is 1.26. The Hall–Kier alpha value is -1.09. The molecule has 1 aromatic heterocycles. The number of nitrogens with zero attached hydrogens (tertiary/aromatic N) is 1. The summed E-state index contributed by atoms with van der Waals surface area (Å²) < 4.78 is 5.67. The zero-order valence-corrected chi connectivity index (χ0v) is 12.8. The Morgan fingerprint density at radius 3 is 2.68 bits per heavy atom. The van der Waals surface area contributed by atoms with E-state index in [0.29, 0.717) is 6.04 Å². The topological polar surface area (TPSA) is 34.2 Å². The molecule has 0 saturated carbocycles. The third kappa shape index (κ3) is 6.58. The van der Waals surface area contributed by atoms with E-state index >= 15 is 0 Å². The van der Waals surface area contributed by atoms with Crippen LogP contribution in [0.3, 0.4) is 0 Å². The number of hydrogen-bond acceptors (Lipinski definition) is 3. The maximum Gasteiger partial charge on any atom is 0.138 e. The van der Waals surface area contributed by atoms with Gasteiger partial charge in [0.2, 0.25) is 0 Å². The number of rotatable bonds is 9. The first-order valence-electron chi connectivity index (χ1n) is 7.49. The van der Waals surface area contributed by atoms with Crippen LogP contribution in [0, 0.1) is 0 Å². The molecule has 108 valence electrons. The number of nitrogens with one attached hydrogen (secondary N) is 1. The lowest BCUT2D eigenvalue weighted by atomic mass is 10.0. The summed E-state index contributed by atoms with van der Waals surface area (Å²) in [6.45, 7) is 9.62. The van der Waals surface area contributed by atoms with E-state index in [-0.39, 0.29) is 6.10 Å². The molecule has 0 aliphatic carbocycles. The Balaban J connectivity index is 2.47. The third-order valence-corrected chi connectivity index (χ3v) is 3.10. The van der Waals surface area contributed by atoms with Gasteiger partial charge in [0, 0.05) is 12.2 Å². The lowest BCUT2D eigenvalue weighted by Gasteiger charge is -2.16. The van der Waals surface area contributed by atoms with Gasteiger partial charge in [-0.25, -0.2) is 0 Å². The molecule has 0 bridgehead atoms. The number of hydrogen-bond donors (Lipinski definition) is 1. The van der Waals surface area contributed by atoms with Gasteiger partial charge in [0.1, 0.15) is 5.75 Å². The molecule has 0 amide bonds. The summed E-state index contributed by atoms with van der Waals surface area (Å²) in [6.07, 6.45) is 8.51. The minimum absolute atomic E-state index is 0.201. The highest BCUT2D eigenvalue weighted by Crippen LogP contribution is 2.15. The zero-order valence-electron chi connectivity index (χ0n) is 12.8. The van der Waals surface area contributed by atoms with Crippen LogP contribution in [-0.2, 0) is 6.42 Å². The van der Waals surface area contributed by atoms with E-state index < -0.39 is 0 Å². The van der Waals surface area contributed by atoms with Crippen LogP contribution < -0.4 is 10.1 Å². The molecule has 0 radical (unpaired) electrons. The van der Waals surface area contributed by atoms with Crippen LogP contribution in [0.2, 0.25) is 0 Å². The SMILES string of the molecule is CCCNC(CC)CCc1cncc(OC(C)C)c1. The molecule has 1 rings (SSSR count). The van der Waals surface area contributed by atoms with Gasteiger partial charge in [-0.3, -0.25) is 4.98 Å². The molecule has 1 unspecified atom stereocenters. The van der Waals surface area contributed by atoms with Crippen molar-refractivity contribution in [2.75, 3.05) is 6.54 Å². The number of ether oxygens (including phenoxy) is 1. The van der Waals surface area contributed by atoms with E-state index in [4.69, 9.17) is 4.74 Å². The van der Waals surface area contributed by atoms with E-state index in [1.54, 1.807) is 6.20 Å². The van der Waals surface area contributed by atoms with Crippen molar-refractivity contribution in [3.63, 3.8) is 0 Å². The Kier molecular flexibility index (Phi) is 7.49. The summed E-state index contributed by atoms with van der Waals surface area (Å²) in [5.74, 6) is 0.877. The predicted molar refractivity (Wildman–Crippen MR) is 80.7 cm³/mol. The van der Waals surface area contributed by atoms with Crippen LogP contribution >= 0.6 is 0 Å². The van der Waals surface area contributed by atoms with Crippen molar-refractivity contribution < 1.29 is 4.74 Å².